The lowest BCUT2D eigenvalue weighted by Crippen LogP contribution is -2.49. The highest BCUT2D eigenvalue weighted by Gasteiger charge is 2.20. The zero-order valence-corrected chi connectivity index (χ0v) is 15.5. The van der Waals surface area contributed by atoms with Gasteiger partial charge in [0.1, 0.15) is 24.3 Å². The van der Waals surface area contributed by atoms with Gasteiger partial charge in [-0.15, -0.1) is 0 Å². The lowest BCUT2D eigenvalue weighted by atomic mass is 10.2. The molecule has 1 aliphatic rings. The van der Waals surface area contributed by atoms with E-state index in [1.165, 1.54) is 5.56 Å². The van der Waals surface area contributed by atoms with Gasteiger partial charge in [0.05, 0.1) is 0 Å². The number of hydrogen-bond donors (Lipinski definition) is 1. The predicted octanol–water partition coefficient (Wildman–Crippen LogP) is 3.00. The number of rotatable bonds is 6. The molecule has 26 heavy (non-hydrogen) atoms. The minimum Gasteiger partial charge on any atom is -0.491 e. The number of halogens is 1. The number of aliphatic hydroxyl groups excluding tert-OH is 1. The summed E-state index contributed by atoms with van der Waals surface area (Å²) in [5.74, 6) is 0.620. The number of aliphatic hydroxyl groups is 1. The first-order valence-corrected chi connectivity index (χ1v) is 9.12. The van der Waals surface area contributed by atoms with Crippen LogP contribution in [-0.2, 0) is 0 Å². The molecule has 2 aromatic rings. The minimum atomic E-state index is -0.528. The molecular weight excluding hydrogens is 331 g/mol. The minimum absolute atomic E-state index is 0.159. The molecule has 140 valence electrons. The van der Waals surface area contributed by atoms with E-state index in [9.17, 15) is 9.50 Å². The first-order valence-electron chi connectivity index (χ1n) is 9.12. The van der Waals surface area contributed by atoms with Crippen LogP contribution in [0.2, 0.25) is 0 Å². The van der Waals surface area contributed by atoms with E-state index in [1.54, 1.807) is 13.0 Å². The van der Waals surface area contributed by atoms with Crippen molar-refractivity contribution in [1.82, 2.24) is 4.90 Å². The molecule has 1 fully saturated rings. The highest BCUT2D eigenvalue weighted by molar-refractivity contribution is 5.48. The summed E-state index contributed by atoms with van der Waals surface area (Å²) in [5.41, 5.74) is 2.78. The van der Waals surface area contributed by atoms with Gasteiger partial charge in [-0.1, -0.05) is 23.8 Å². The van der Waals surface area contributed by atoms with Gasteiger partial charge in [0.25, 0.3) is 0 Å². The van der Waals surface area contributed by atoms with Crippen LogP contribution in [0.1, 0.15) is 11.1 Å². The third-order valence-corrected chi connectivity index (χ3v) is 4.83. The number of anilines is 1. The van der Waals surface area contributed by atoms with Gasteiger partial charge in [0, 0.05) is 38.4 Å². The monoisotopic (exact) mass is 358 g/mol. The molecule has 4 nitrogen and oxygen atoms in total. The van der Waals surface area contributed by atoms with Crippen molar-refractivity contribution in [2.75, 3.05) is 44.2 Å². The maximum absolute atomic E-state index is 13.7. The number of hydrogen-bond acceptors (Lipinski definition) is 4. The van der Waals surface area contributed by atoms with E-state index in [-0.39, 0.29) is 12.4 Å². The molecule has 5 heteroatoms. The van der Waals surface area contributed by atoms with Crippen molar-refractivity contribution in [3.05, 3.63) is 59.4 Å². The molecule has 0 saturated carbocycles. The molecule has 0 amide bonds. The second-order valence-corrected chi connectivity index (χ2v) is 7.00. The van der Waals surface area contributed by atoms with Crippen LogP contribution in [0.25, 0.3) is 0 Å². The summed E-state index contributed by atoms with van der Waals surface area (Å²) in [4.78, 5) is 4.42. The topological polar surface area (TPSA) is 35.9 Å². The Hall–Kier alpha value is -2.11. The van der Waals surface area contributed by atoms with E-state index in [0.29, 0.717) is 12.1 Å². The van der Waals surface area contributed by atoms with Gasteiger partial charge in [0.15, 0.2) is 0 Å². The van der Waals surface area contributed by atoms with Crippen molar-refractivity contribution in [2.24, 2.45) is 0 Å². The normalized spacial score (nSPS) is 16.5. The Labute approximate surface area is 154 Å². The van der Waals surface area contributed by atoms with E-state index in [1.807, 2.05) is 43.3 Å². The van der Waals surface area contributed by atoms with Crippen molar-refractivity contribution in [2.45, 2.75) is 20.0 Å². The van der Waals surface area contributed by atoms with Crippen molar-refractivity contribution in [1.29, 1.82) is 0 Å². The first-order chi connectivity index (χ1) is 12.5. The van der Waals surface area contributed by atoms with Crippen LogP contribution in [0, 0.1) is 19.7 Å². The average Bonchev–Trinajstić information content (AvgIpc) is 2.64. The van der Waals surface area contributed by atoms with E-state index >= 15 is 0 Å². The summed E-state index contributed by atoms with van der Waals surface area (Å²) in [6.07, 6.45) is -0.528. The Morgan fingerprint density at radius 2 is 1.73 bits per heavy atom. The molecule has 0 aliphatic carbocycles. The van der Waals surface area contributed by atoms with Gasteiger partial charge in [-0.25, -0.2) is 4.39 Å². The molecule has 0 radical (unpaired) electrons. The Balaban J connectivity index is 1.43. The second-order valence-electron chi connectivity index (χ2n) is 7.00. The SMILES string of the molecule is Cc1ccc(OCC(O)CN2CCN(c3ccc(C)c(F)c3)CC2)cc1. The van der Waals surface area contributed by atoms with Gasteiger partial charge in [-0.3, -0.25) is 4.90 Å². The summed E-state index contributed by atoms with van der Waals surface area (Å²) in [6.45, 7) is 8.02. The van der Waals surface area contributed by atoms with E-state index < -0.39 is 6.10 Å². The number of ether oxygens (including phenoxy) is 1. The molecule has 1 heterocycles. The fraction of sp³-hybridized carbons (Fsp3) is 0.429. The molecular formula is C21H27FN2O2. The molecule has 1 unspecified atom stereocenters. The third-order valence-electron chi connectivity index (χ3n) is 4.83. The van der Waals surface area contributed by atoms with Crippen LogP contribution >= 0.6 is 0 Å². The molecule has 1 saturated heterocycles. The van der Waals surface area contributed by atoms with Crippen LogP contribution < -0.4 is 9.64 Å². The van der Waals surface area contributed by atoms with Gasteiger partial charge in [-0.2, -0.15) is 0 Å². The zero-order valence-electron chi connectivity index (χ0n) is 15.5. The summed E-state index contributed by atoms with van der Waals surface area (Å²) in [6, 6.07) is 13.2. The first kappa shape index (κ1) is 18.7. The summed E-state index contributed by atoms with van der Waals surface area (Å²) < 4.78 is 19.4. The molecule has 3 rings (SSSR count). The van der Waals surface area contributed by atoms with Crippen LogP contribution in [0.15, 0.2) is 42.5 Å². The standard InChI is InChI=1S/C21H27FN2O2/c1-16-3-7-20(8-4-16)26-15-19(25)14-23-9-11-24(12-10-23)18-6-5-17(2)21(22)13-18/h3-8,13,19,25H,9-12,14-15H2,1-2H3. The van der Waals surface area contributed by atoms with Crippen molar-refractivity contribution < 1.29 is 14.2 Å². The van der Waals surface area contributed by atoms with Gasteiger partial charge >= 0.3 is 0 Å². The van der Waals surface area contributed by atoms with Crippen molar-refractivity contribution >= 4 is 5.69 Å². The number of β-amino-alcohol motifs (C(OH)–C–C–N with tert-alkyl or cyclic N) is 1. The van der Waals surface area contributed by atoms with Crippen molar-refractivity contribution in [3.8, 4) is 5.75 Å². The van der Waals surface area contributed by atoms with Crippen LogP contribution in [0.3, 0.4) is 0 Å². The van der Waals surface area contributed by atoms with Crippen LogP contribution in [0.4, 0.5) is 10.1 Å². The highest BCUT2D eigenvalue weighted by Crippen LogP contribution is 2.20. The van der Waals surface area contributed by atoms with E-state index in [0.717, 1.165) is 37.6 Å². The Kier molecular flexibility index (Phi) is 6.12. The molecule has 1 aliphatic heterocycles. The molecule has 2 aromatic carbocycles. The van der Waals surface area contributed by atoms with Crippen molar-refractivity contribution in [3.63, 3.8) is 0 Å². The zero-order chi connectivity index (χ0) is 18.5. The fourth-order valence-corrected chi connectivity index (χ4v) is 3.14. The highest BCUT2D eigenvalue weighted by atomic mass is 19.1. The lowest BCUT2D eigenvalue weighted by Gasteiger charge is -2.37. The van der Waals surface area contributed by atoms with E-state index in [4.69, 9.17) is 4.74 Å². The maximum atomic E-state index is 13.7. The quantitative estimate of drug-likeness (QED) is 0.861. The van der Waals surface area contributed by atoms with E-state index in [2.05, 4.69) is 9.80 Å². The average molecular weight is 358 g/mol. The predicted molar refractivity (Wildman–Crippen MR) is 102 cm³/mol. The molecule has 0 bridgehead atoms. The summed E-state index contributed by atoms with van der Waals surface area (Å²) >= 11 is 0. The lowest BCUT2D eigenvalue weighted by molar-refractivity contribution is 0.0663. The maximum Gasteiger partial charge on any atom is 0.128 e. The van der Waals surface area contributed by atoms with Gasteiger partial charge in [-0.05, 0) is 43.7 Å². The fourth-order valence-electron chi connectivity index (χ4n) is 3.14. The summed E-state index contributed by atoms with van der Waals surface area (Å²) in [5, 5.41) is 10.2. The summed E-state index contributed by atoms with van der Waals surface area (Å²) in [7, 11) is 0. The van der Waals surface area contributed by atoms with Gasteiger partial charge in [0.2, 0.25) is 0 Å². The molecule has 0 aromatic heterocycles. The Morgan fingerprint density at radius 1 is 1.04 bits per heavy atom. The smallest absolute Gasteiger partial charge is 0.128 e. The number of nitrogens with zero attached hydrogens (tertiary/aromatic N) is 2. The second kappa shape index (κ2) is 8.52. The molecule has 0 spiro atoms. The van der Waals surface area contributed by atoms with Crippen LogP contribution in [-0.4, -0.2) is 55.4 Å². The Morgan fingerprint density at radius 3 is 2.38 bits per heavy atom. The number of aryl methyl sites for hydroxylation is 2. The third kappa shape index (κ3) is 4.96. The van der Waals surface area contributed by atoms with Gasteiger partial charge < -0.3 is 14.7 Å². The number of benzene rings is 2. The van der Waals surface area contributed by atoms with Crippen LogP contribution in [0.5, 0.6) is 5.75 Å². The number of piperazine rings is 1. The largest absolute Gasteiger partial charge is 0.491 e. The Bertz CT molecular complexity index is 712. The molecule has 1 N–H and O–H groups in total. The molecule has 1 atom stereocenters.